The van der Waals surface area contributed by atoms with Crippen LogP contribution in [0.3, 0.4) is 0 Å². The fourth-order valence-electron chi connectivity index (χ4n) is 3.51. The van der Waals surface area contributed by atoms with Gasteiger partial charge in [-0.05, 0) is 50.0 Å². The van der Waals surface area contributed by atoms with E-state index < -0.39 is 22.7 Å². The Morgan fingerprint density at radius 1 is 1.22 bits per heavy atom. The molecule has 0 saturated carbocycles. The Balaban J connectivity index is 2.15. The standard InChI is InChI=1S/C22H22ClN3O6/c1-24(2)10-11-25-19(13-4-7-15(8-5-13)26(30)31)18(21(28)22(25)29)20(27)14-6-9-17(32-3)16(23)12-14/h4-9,12,19,27H,10-11H2,1-3H3/b20-18+. The molecule has 0 aliphatic carbocycles. The van der Waals surface area contributed by atoms with Gasteiger partial charge in [0.25, 0.3) is 17.4 Å². The number of carbonyl (C=O) groups excluding carboxylic acids is 2. The van der Waals surface area contributed by atoms with Crippen LogP contribution in [0.25, 0.3) is 5.76 Å². The molecule has 0 radical (unpaired) electrons. The monoisotopic (exact) mass is 459 g/mol. The van der Waals surface area contributed by atoms with Crippen molar-refractivity contribution in [3.05, 3.63) is 74.3 Å². The number of Topliss-reactive ketones (excluding diaryl/α,β-unsaturated/α-hetero) is 1. The fourth-order valence-corrected chi connectivity index (χ4v) is 3.77. The molecule has 1 atom stereocenters. The van der Waals surface area contributed by atoms with Crippen molar-refractivity contribution >= 4 is 34.7 Å². The number of carbonyl (C=O) groups is 2. The Morgan fingerprint density at radius 2 is 1.88 bits per heavy atom. The van der Waals surface area contributed by atoms with E-state index in [-0.39, 0.29) is 34.2 Å². The Morgan fingerprint density at radius 3 is 2.41 bits per heavy atom. The number of likely N-dealkylation sites (N-methyl/N-ethyl adjacent to an activating group) is 1. The summed E-state index contributed by atoms with van der Waals surface area (Å²) >= 11 is 6.17. The van der Waals surface area contributed by atoms with Gasteiger partial charge < -0.3 is 19.6 Å². The number of amides is 1. The highest BCUT2D eigenvalue weighted by Crippen LogP contribution is 2.40. The summed E-state index contributed by atoms with van der Waals surface area (Å²) < 4.78 is 5.12. The number of halogens is 1. The van der Waals surface area contributed by atoms with Crippen LogP contribution in [0.4, 0.5) is 5.69 Å². The zero-order valence-electron chi connectivity index (χ0n) is 17.7. The summed E-state index contributed by atoms with van der Waals surface area (Å²) in [6.07, 6.45) is 0. The number of aliphatic hydroxyl groups is 1. The maximum absolute atomic E-state index is 13.0. The molecule has 1 amide bonds. The van der Waals surface area contributed by atoms with Gasteiger partial charge >= 0.3 is 0 Å². The van der Waals surface area contributed by atoms with E-state index in [0.29, 0.717) is 17.9 Å². The molecule has 1 fully saturated rings. The van der Waals surface area contributed by atoms with Crippen LogP contribution < -0.4 is 4.74 Å². The van der Waals surface area contributed by atoms with Crippen LogP contribution in [0.15, 0.2) is 48.0 Å². The first-order valence-electron chi connectivity index (χ1n) is 9.67. The molecule has 3 rings (SSSR count). The van der Waals surface area contributed by atoms with Crippen molar-refractivity contribution in [3.8, 4) is 5.75 Å². The zero-order chi connectivity index (χ0) is 23.6. The molecule has 0 spiro atoms. The van der Waals surface area contributed by atoms with Gasteiger partial charge in [0.1, 0.15) is 11.5 Å². The summed E-state index contributed by atoms with van der Waals surface area (Å²) in [7, 11) is 5.11. The Bertz CT molecular complexity index is 1100. The van der Waals surface area contributed by atoms with Crippen LogP contribution in [0.2, 0.25) is 5.02 Å². The molecule has 1 heterocycles. The van der Waals surface area contributed by atoms with Crippen molar-refractivity contribution in [3.63, 3.8) is 0 Å². The average Bonchev–Trinajstić information content (AvgIpc) is 3.01. The lowest BCUT2D eigenvalue weighted by Gasteiger charge is -2.26. The number of likely N-dealkylation sites (tertiary alicyclic amines) is 1. The van der Waals surface area contributed by atoms with Gasteiger partial charge in [0.2, 0.25) is 0 Å². The van der Waals surface area contributed by atoms with E-state index in [9.17, 15) is 24.8 Å². The summed E-state index contributed by atoms with van der Waals surface area (Å²) in [6.45, 7) is 0.699. The van der Waals surface area contributed by atoms with Gasteiger partial charge in [0.05, 0.1) is 28.7 Å². The number of nitro groups is 1. The van der Waals surface area contributed by atoms with Gasteiger partial charge in [-0.25, -0.2) is 0 Å². The quantitative estimate of drug-likeness (QED) is 0.222. The second-order valence-electron chi connectivity index (χ2n) is 7.49. The van der Waals surface area contributed by atoms with Crippen molar-refractivity contribution in [1.82, 2.24) is 9.80 Å². The number of methoxy groups -OCH3 is 1. The van der Waals surface area contributed by atoms with E-state index in [1.165, 1.54) is 48.4 Å². The first-order valence-corrected chi connectivity index (χ1v) is 10.0. The third kappa shape index (κ3) is 4.44. The molecule has 2 aromatic rings. The summed E-state index contributed by atoms with van der Waals surface area (Å²) in [6, 6.07) is 9.15. The second-order valence-corrected chi connectivity index (χ2v) is 7.90. The normalized spacial score (nSPS) is 17.8. The molecular weight excluding hydrogens is 438 g/mol. The zero-order valence-corrected chi connectivity index (χ0v) is 18.5. The van der Waals surface area contributed by atoms with Gasteiger partial charge in [-0.15, -0.1) is 0 Å². The summed E-state index contributed by atoms with van der Waals surface area (Å²) in [5.41, 5.74) is 0.479. The Labute approximate surface area is 189 Å². The van der Waals surface area contributed by atoms with Crippen molar-refractivity contribution < 1.29 is 24.4 Å². The third-order valence-corrected chi connectivity index (χ3v) is 5.47. The van der Waals surface area contributed by atoms with E-state index in [1.807, 2.05) is 19.0 Å². The topological polar surface area (TPSA) is 113 Å². The van der Waals surface area contributed by atoms with Crippen molar-refractivity contribution in [2.45, 2.75) is 6.04 Å². The Kier molecular flexibility index (Phi) is 6.81. The molecule has 1 N–H and O–H groups in total. The second kappa shape index (κ2) is 9.37. The minimum atomic E-state index is -0.906. The number of hydrogen-bond donors (Lipinski definition) is 1. The van der Waals surface area contributed by atoms with Crippen molar-refractivity contribution in [2.75, 3.05) is 34.3 Å². The number of nitrogens with zero attached hydrogens (tertiary/aromatic N) is 3. The molecule has 2 aromatic carbocycles. The van der Waals surface area contributed by atoms with E-state index in [1.54, 1.807) is 6.07 Å². The fraction of sp³-hybridized carbons (Fsp3) is 0.273. The van der Waals surface area contributed by atoms with E-state index >= 15 is 0 Å². The largest absolute Gasteiger partial charge is 0.507 e. The highest BCUT2D eigenvalue weighted by molar-refractivity contribution is 6.46. The highest BCUT2D eigenvalue weighted by Gasteiger charge is 2.46. The predicted octanol–water partition coefficient (Wildman–Crippen LogP) is 3.24. The molecule has 10 heteroatoms. The van der Waals surface area contributed by atoms with Gasteiger partial charge in [0, 0.05) is 30.8 Å². The first-order chi connectivity index (χ1) is 15.1. The van der Waals surface area contributed by atoms with Crippen molar-refractivity contribution in [2.24, 2.45) is 0 Å². The molecule has 0 aromatic heterocycles. The third-order valence-electron chi connectivity index (χ3n) is 5.17. The van der Waals surface area contributed by atoms with Gasteiger partial charge in [-0.1, -0.05) is 11.6 Å². The Hall–Kier alpha value is -3.43. The van der Waals surface area contributed by atoms with Gasteiger partial charge in [-0.3, -0.25) is 19.7 Å². The van der Waals surface area contributed by atoms with Crippen LogP contribution in [-0.4, -0.2) is 65.8 Å². The van der Waals surface area contributed by atoms with E-state index in [4.69, 9.17) is 16.3 Å². The SMILES string of the molecule is COc1ccc(/C(O)=C2\C(=O)C(=O)N(CCN(C)C)C2c2ccc([N+](=O)[O-])cc2)cc1Cl. The molecule has 0 bridgehead atoms. The number of ketones is 1. The molecule has 1 unspecified atom stereocenters. The lowest BCUT2D eigenvalue weighted by molar-refractivity contribution is -0.384. The summed E-state index contributed by atoms with van der Waals surface area (Å²) in [5.74, 6) is -1.59. The maximum atomic E-state index is 13.0. The number of benzene rings is 2. The highest BCUT2D eigenvalue weighted by atomic mass is 35.5. The molecular formula is C22H22ClN3O6. The molecule has 1 saturated heterocycles. The minimum Gasteiger partial charge on any atom is -0.507 e. The molecule has 1 aliphatic rings. The van der Waals surface area contributed by atoms with Gasteiger partial charge in [-0.2, -0.15) is 0 Å². The molecule has 32 heavy (non-hydrogen) atoms. The summed E-state index contributed by atoms with van der Waals surface area (Å²) in [5, 5.41) is 22.3. The van der Waals surface area contributed by atoms with E-state index in [2.05, 4.69) is 0 Å². The van der Waals surface area contributed by atoms with Crippen molar-refractivity contribution in [1.29, 1.82) is 0 Å². The molecule has 9 nitrogen and oxygen atoms in total. The van der Waals surface area contributed by atoms with Gasteiger partial charge in [0.15, 0.2) is 0 Å². The minimum absolute atomic E-state index is 0.108. The number of non-ortho nitro benzene ring substituents is 1. The predicted molar refractivity (Wildman–Crippen MR) is 119 cm³/mol. The summed E-state index contributed by atoms with van der Waals surface area (Å²) in [4.78, 5) is 39.5. The van der Waals surface area contributed by atoms with Crippen LogP contribution in [0, 0.1) is 10.1 Å². The molecule has 168 valence electrons. The van der Waals surface area contributed by atoms with E-state index in [0.717, 1.165) is 0 Å². The van der Waals surface area contributed by atoms with Crippen LogP contribution >= 0.6 is 11.6 Å². The maximum Gasteiger partial charge on any atom is 0.295 e. The number of rotatable bonds is 7. The number of aliphatic hydroxyl groups excluding tert-OH is 1. The number of nitro benzene ring substituents is 1. The average molecular weight is 460 g/mol. The number of ether oxygens (including phenoxy) is 1. The van der Waals surface area contributed by atoms with Crippen LogP contribution in [0.5, 0.6) is 5.75 Å². The molecule has 1 aliphatic heterocycles. The first kappa shape index (κ1) is 23.2. The lowest BCUT2D eigenvalue weighted by Crippen LogP contribution is -2.35. The number of hydrogen-bond acceptors (Lipinski definition) is 7. The smallest absolute Gasteiger partial charge is 0.295 e. The lowest BCUT2D eigenvalue weighted by atomic mass is 9.95. The van der Waals surface area contributed by atoms with Crippen LogP contribution in [0.1, 0.15) is 17.2 Å². The van der Waals surface area contributed by atoms with Crippen LogP contribution in [-0.2, 0) is 9.59 Å².